The zero-order valence-corrected chi connectivity index (χ0v) is 12.6. The third-order valence-corrected chi connectivity index (χ3v) is 5.00. The molecular formula is C17H23N3O. The van der Waals surface area contributed by atoms with E-state index < -0.39 is 0 Å². The molecule has 2 N–H and O–H groups in total. The van der Waals surface area contributed by atoms with Gasteiger partial charge >= 0.3 is 0 Å². The van der Waals surface area contributed by atoms with E-state index in [1.54, 1.807) is 0 Å². The van der Waals surface area contributed by atoms with Crippen molar-refractivity contribution in [3.63, 3.8) is 0 Å². The molecule has 0 radical (unpaired) electrons. The molecule has 2 aliphatic heterocycles. The van der Waals surface area contributed by atoms with Crippen LogP contribution >= 0.6 is 0 Å². The van der Waals surface area contributed by atoms with Crippen molar-refractivity contribution >= 4 is 17.1 Å². The molecule has 1 aromatic rings. The molecule has 1 saturated heterocycles. The third-order valence-electron chi connectivity index (χ3n) is 5.00. The molecule has 21 heavy (non-hydrogen) atoms. The number of nitrogens with two attached hydrogens (primary N) is 1. The van der Waals surface area contributed by atoms with Gasteiger partial charge in [-0.15, -0.1) is 0 Å². The van der Waals surface area contributed by atoms with E-state index in [9.17, 15) is 0 Å². The molecule has 0 amide bonds. The van der Waals surface area contributed by atoms with Gasteiger partial charge in [-0.05, 0) is 42.5 Å². The molecule has 4 rings (SSSR count). The number of fused-ring (bicyclic) bond motifs is 1. The summed E-state index contributed by atoms with van der Waals surface area (Å²) in [7, 11) is 0. The molecule has 2 heterocycles. The Morgan fingerprint density at radius 3 is 2.71 bits per heavy atom. The Kier molecular flexibility index (Phi) is 3.23. The number of hydrogen-bond donors (Lipinski definition) is 1. The highest BCUT2D eigenvalue weighted by Crippen LogP contribution is 2.43. The van der Waals surface area contributed by atoms with Crippen molar-refractivity contribution in [3.05, 3.63) is 23.8 Å². The van der Waals surface area contributed by atoms with Gasteiger partial charge in [-0.1, -0.05) is 6.92 Å². The zero-order valence-electron chi connectivity index (χ0n) is 12.6. The van der Waals surface area contributed by atoms with Gasteiger partial charge in [0.2, 0.25) is 0 Å². The van der Waals surface area contributed by atoms with Gasteiger partial charge in [0.1, 0.15) is 0 Å². The topological polar surface area (TPSA) is 50.8 Å². The number of ether oxygens (including phenoxy) is 1. The third kappa shape index (κ3) is 2.36. The lowest BCUT2D eigenvalue weighted by atomic mass is 9.85. The first-order valence-corrected chi connectivity index (χ1v) is 8.05. The fourth-order valence-corrected chi connectivity index (χ4v) is 3.47. The first kappa shape index (κ1) is 13.3. The summed E-state index contributed by atoms with van der Waals surface area (Å²) in [5.41, 5.74) is 11.4. The van der Waals surface area contributed by atoms with Crippen molar-refractivity contribution in [1.82, 2.24) is 0 Å². The first-order chi connectivity index (χ1) is 10.2. The summed E-state index contributed by atoms with van der Waals surface area (Å²) < 4.78 is 5.43. The summed E-state index contributed by atoms with van der Waals surface area (Å²) in [6.07, 6.45) is 2.58. The SMILES string of the molecule is CC1C(C2CC2)=Nc2ccc(N3CCOCC3)cc2C1N. The highest BCUT2D eigenvalue weighted by atomic mass is 16.5. The fourth-order valence-electron chi connectivity index (χ4n) is 3.47. The summed E-state index contributed by atoms with van der Waals surface area (Å²) >= 11 is 0. The minimum atomic E-state index is 0.0779. The van der Waals surface area contributed by atoms with Crippen molar-refractivity contribution in [2.75, 3.05) is 31.2 Å². The van der Waals surface area contributed by atoms with Crippen LogP contribution in [0.15, 0.2) is 23.2 Å². The Labute approximate surface area is 126 Å². The Hall–Kier alpha value is -1.39. The normalized spacial score (nSPS) is 29.0. The summed E-state index contributed by atoms with van der Waals surface area (Å²) in [5, 5.41) is 0. The predicted molar refractivity (Wildman–Crippen MR) is 85.4 cm³/mol. The van der Waals surface area contributed by atoms with Crippen LogP contribution < -0.4 is 10.6 Å². The molecule has 0 spiro atoms. The molecule has 0 bridgehead atoms. The summed E-state index contributed by atoms with van der Waals surface area (Å²) in [6, 6.07) is 6.65. The number of nitrogens with zero attached hydrogens (tertiary/aromatic N) is 2. The lowest BCUT2D eigenvalue weighted by Crippen LogP contribution is -2.36. The number of morpholine rings is 1. The van der Waals surface area contributed by atoms with E-state index in [4.69, 9.17) is 15.5 Å². The van der Waals surface area contributed by atoms with Crippen molar-refractivity contribution < 1.29 is 4.74 Å². The van der Waals surface area contributed by atoms with Crippen molar-refractivity contribution in [2.45, 2.75) is 25.8 Å². The Bertz CT molecular complexity index is 573. The molecule has 0 aromatic heterocycles. The van der Waals surface area contributed by atoms with Crippen LogP contribution in [0, 0.1) is 11.8 Å². The van der Waals surface area contributed by atoms with Gasteiger partial charge in [0, 0.05) is 36.4 Å². The van der Waals surface area contributed by atoms with Crippen LogP contribution in [-0.4, -0.2) is 32.0 Å². The summed E-state index contributed by atoms with van der Waals surface area (Å²) in [4.78, 5) is 7.29. The second-order valence-electron chi connectivity index (χ2n) is 6.47. The van der Waals surface area contributed by atoms with Crippen LogP contribution in [0.5, 0.6) is 0 Å². The minimum absolute atomic E-state index is 0.0779. The van der Waals surface area contributed by atoms with E-state index in [1.165, 1.54) is 29.8 Å². The van der Waals surface area contributed by atoms with E-state index in [0.29, 0.717) is 11.8 Å². The lowest BCUT2D eigenvalue weighted by molar-refractivity contribution is 0.122. The average molecular weight is 285 g/mol. The molecule has 4 heteroatoms. The van der Waals surface area contributed by atoms with Crippen LogP contribution in [0.2, 0.25) is 0 Å². The minimum Gasteiger partial charge on any atom is -0.378 e. The standard InChI is InChI=1S/C17H23N3O/c1-11-16(18)14-10-13(20-6-8-21-9-7-20)4-5-15(14)19-17(11)12-2-3-12/h4-5,10-12,16H,2-3,6-9,18H2,1H3. The Balaban J connectivity index is 1.68. The molecule has 1 aromatic carbocycles. The summed E-state index contributed by atoms with van der Waals surface area (Å²) in [5.74, 6) is 1.06. The van der Waals surface area contributed by atoms with Crippen LogP contribution in [0.1, 0.15) is 31.4 Å². The van der Waals surface area contributed by atoms with Crippen molar-refractivity contribution in [3.8, 4) is 0 Å². The quantitative estimate of drug-likeness (QED) is 0.909. The first-order valence-electron chi connectivity index (χ1n) is 8.05. The van der Waals surface area contributed by atoms with Gasteiger partial charge in [-0.25, -0.2) is 0 Å². The molecule has 2 fully saturated rings. The monoisotopic (exact) mass is 285 g/mol. The largest absolute Gasteiger partial charge is 0.378 e. The number of hydrogen-bond acceptors (Lipinski definition) is 4. The maximum Gasteiger partial charge on any atom is 0.0678 e. The van der Waals surface area contributed by atoms with Crippen LogP contribution in [0.4, 0.5) is 11.4 Å². The van der Waals surface area contributed by atoms with E-state index >= 15 is 0 Å². The van der Waals surface area contributed by atoms with E-state index in [-0.39, 0.29) is 6.04 Å². The maximum atomic E-state index is 6.52. The Morgan fingerprint density at radius 1 is 1.24 bits per heavy atom. The van der Waals surface area contributed by atoms with Gasteiger partial charge < -0.3 is 15.4 Å². The fraction of sp³-hybridized carbons (Fsp3) is 0.588. The van der Waals surface area contributed by atoms with Gasteiger partial charge in [0.05, 0.1) is 18.9 Å². The van der Waals surface area contributed by atoms with Crippen LogP contribution in [0.3, 0.4) is 0 Å². The number of rotatable bonds is 2. The van der Waals surface area contributed by atoms with Crippen molar-refractivity contribution in [2.24, 2.45) is 22.6 Å². The second-order valence-corrected chi connectivity index (χ2v) is 6.47. The van der Waals surface area contributed by atoms with Crippen LogP contribution in [-0.2, 0) is 4.74 Å². The smallest absolute Gasteiger partial charge is 0.0678 e. The maximum absolute atomic E-state index is 6.52. The lowest BCUT2D eigenvalue weighted by Gasteiger charge is -2.32. The number of aliphatic imine (C=N–C) groups is 1. The Morgan fingerprint density at radius 2 is 2.00 bits per heavy atom. The highest BCUT2D eigenvalue weighted by Gasteiger charge is 2.36. The molecular weight excluding hydrogens is 262 g/mol. The molecule has 1 aliphatic carbocycles. The van der Waals surface area contributed by atoms with Gasteiger partial charge in [-0.3, -0.25) is 4.99 Å². The molecule has 112 valence electrons. The average Bonchev–Trinajstić information content (AvgIpc) is 3.36. The number of benzene rings is 1. The van der Waals surface area contributed by atoms with Gasteiger partial charge in [0.25, 0.3) is 0 Å². The predicted octanol–water partition coefficient (Wildman–Crippen LogP) is 2.66. The molecule has 4 nitrogen and oxygen atoms in total. The molecule has 3 aliphatic rings. The van der Waals surface area contributed by atoms with E-state index in [1.807, 2.05) is 0 Å². The molecule has 1 saturated carbocycles. The van der Waals surface area contributed by atoms with Gasteiger partial charge in [0.15, 0.2) is 0 Å². The highest BCUT2D eigenvalue weighted by molar-refractivity contribution is 5.95. The molecule has 2 atom stereocenters. The van der Waals surface area contributed by atoms with Crippen molar-refractivity contribution in [1.29, 1.82) is 0 Å². The number of anilines is 1. The van der Waals surface area contributed by atoms with E-state index in [0.717, 1.165) is 32.0 Å². The van der Waals surface area contributed by atoms with Crippen LogP contribution in [0.25, 0.3) is 0 Å². The molecule has 2 unspecified atom stereocenters. The van der Waals surface area contributed by atoms with Gasteiger partial charge in [-0.2, -0.15) is 0 Å². The second kappa shape index (κ2) is 5.11. The zero-order chi connectivity index (χ0) is 14.4. The van der Waals surface area contributed by atoms with E-state index in [2.05, 4.69) is 30.0 Å². The summed E-state index contributed by atoms with van der Waals surface area (Å²) in [6.45, 7) is 5.76.